The van der Waals surface area contributed by atoms with Crippen molar-refractivity contribution in [1.82, 2.24) is 0 Å². The second-order valence-corrected chi connectivity index (χ2v) is 6.56. The number of rotatable bonds is 3. The van der Waals surface area contributed by atoms with Gasteiger partial charge in [-0.1, -0.05) is 91.0 Å². The molecule has 0 heterocycles. The molecule has 0 nitrogen and oxygen atoms in total. The molecule has 3 heteroatoms. The summed E-state index contributed by atoms with van der Waals surface area (Å²) in [5.74, 6) is 0. The van der Waals surface area contributed by atoms with Gasteiger partial charge in [0, 0.05) is 0 Å². The van der Waals surface area contributed by atoms with Crippen LogP contribution in [0.1, 0.15) is 0 Å². The topological polar surface area (TPSA) is 0 Å². The van der Waals surface area contributed by atoms with E-state index < -0.39 is 7.92 Å². The molecule has 0 radical (unpaired) electrons. The molecule has 0 bridgehead atoms. The van der Waals surface area contributed by atoms with Crippen LogP contribution in [0.15, 0.2) is 91.0 Å². The van der Waals surface area contributed by atoms with Crippen LogP contribution < -0.4 is 15.9 Å². The zero-order chi connectivity index (χ0) is 12.9. The maximum atomic E-state index is 2.23. The van der Waals surface area contributed by atoms with Gasteiger partial charge in [0.05, 0.1) is 0 Å². The molecule has 0 fully saturated rings. The average molecular weight is 330 g/mol. The quantitative estimate of drug-likeness (QED) is 0.644. The zero-order valence-corrected chi connectivity index (χ0v) is 15.7. The smallest absolute Gasteiger partial charge is 0.0134 e. The fourth-order valence-corrected chi connectivity index (χ4v) is 4.48. The summed E-state index contributed by atoms with van der Waals surface area (Å²) < 4.78 is 0. The van der Waals surface area contributed by atoms with Crippen LogP contribution in [0.4, 0.5) is 0 Å². The third kappa shape index (κ3) is 4.46. The second kappa shape index (κ2) is 9.07. The minimum atomic E-state index is -0.446. The van der Waals surface area contributed by atoms with Crippen molar-refractivity contribution in [2.75, 3.05) is 0 Å². The minimum absolute atomic E-state index is 0. The van der Waals surface area contributed by atoms with E-state index in [4.69, 9.17) is 0 Å². The highest BCUT2D eigenvalue weighted by atomic mass is 31.1. The van der Waals surface area contributed by atoms with E-state index in [0.717, 1.165) is 0 Å². The van der Waals surface area contributed by atoms with Crippen molar-refractivity contribution in [1.29, 1.82) is 0 Å². The van der Waals surface area contributed by atoms with Gasteiger partial charge < -0.3 is 0 Å². The van der Waals surface area contributed by atoms with E-state index >= 15 is 0 Å². The summed E-state index contributed by atoms with van der Waals surface area (Å²) in [5.41, 5.74) is 0. The number of hydrogen-bond donors (Lipinski definition) is 0. The maximum Gasteiger partial charge on any atom is -0.0134 e. The first-order valence-electron chi connectivity index (χ1n) is 6.40. The highest BCUT2D eigenvalue weighted by Gasteiger charge is 2.14. The molecular formula is C18H21P3. The third-order valence-corrected chi connectivity index (χ3v) is 5.49. The van der Waals surface area contributed by atoms with Crippen LogP contribution in [0.5, 0.6) is 0 Å². The lowest BCUT2D eigenvalue weighted by Gasteiger charge is -2.18. The molecule has 0 aliphatic rings. The molecule has 3 aromatic rings. The van der Waals surface area contributed by atoms with Crippen molar-refractivity contribution in [2.24, 2.45) is 0 Å². The minimum Gasteiger partial charge on any atom is -0.153 e. The van der Waals surface area contributed by atoms with Crippen LogP contribution in [0.25, 0.3) is 0 Å². The highest BCUT2D eigenvalue weighted by Crippen LogP contribution is 2.32. The van der Waals surface area contributed by atoms with Crippen molar-refractivity contribution < 1.29 is 0 Å². The summed E-state index contributed by atoms with van der Waals surface area (Å²) >= 11 is 0. The molecule has 0 N–H and O–H groups in total. The zero-order valence-electron chi connectivity index (χ0n) is 12.0. The number of hydrogen-bond acceptors (Lipinski definition) is 0. The van der Waals surface area contributed by atoms with Gasteiger partial charge in [0.1, 0.15) is 0 Å². The van der Waals surface area contributed by atoms with Gasteiger partial charge in [-0.15, -0.1) is 0 Å². The molecule has 3 aromatic carbocycles. The van der Waals surface area contributed by atoms with Crippen LogP contribution >= 0.6 is 27.7 Å². The van der Waals surface area contributed by atoms with Crippen LogP contribution in [-0.4, -0.2) is 0 Å². The van der Waals surface area contributed by atoms with E-state index in [0.29, 0.717) is 0 Å². The van der Waals surface area contributed by atoms with Gasteiger partial charge in [-0.2, -0.15) is 19.8 Å². The lowest BCUT2D eigenvalue weighted by Crippen LogP contribution is -2.20. The van der Waals surface area contributed by atoms with E-state index in [1.54, 1.807) is 0 Å². The molecule has 0 aliphatic carbocycles. The normalized spacial score (nSPS) is 9.57. The molecular weight excluding hydrogens is 309 g/mol. The van der Waals surface area contributed by atoms with Crippen molar-refractivity contribution in [3.8, 4) is 0 Å². The van der Waals surface area contributed by atoms with Gasteiger partial charge in [-0.05, 0) is 23.8 Å². The summed E-state index contributed by atoms with van der Waals surface area (Å²) in [7, 11) is -0.446. The van der Waals surface area contributed by atoms with Crippen LogP contribution in [0.2, 0.25) is 0 Å². The van der Waals surface area contributed by atoms with Crippen LogP contribution in [-0.2, 0) is 0 Å². The first-order chi connectivity index (χ1) is 9.45. The summed E-state index contributed by atoms with van der Waals surface area (Å²) in [6.45, 7) is 0. The summed E-state index contributed by atoms with van der Waals surface area (Å²) in [6.07, 6.45) is 0. The van der Waals surface area contributed by atoms with Crippen LogP contribution in [0, 0.1) is 0 Å². The Kier molecular flexibility index (Phi) is 7.77. The van der Waals surface area contributed by atoms with Gasteiger partial charge in [0.15, 0.2) is 0 Å². The van der Waals surface area contributed by atoms with Crippen molar-refractivity contribution in [2.45, 2.75) is 0 Å². The van der Waals surface area contributed by atoms with Crippen molar-refractivity contribution >= 4 is 43.6 Å². The molecule has 0 aromatic heterocycles. The Hall–Kier alpha value is -1.05. The van der Waals surface area contributed by atoms with E-state index in [1.807, 2.05) is 0 Å². The Balaban J connectivity index is 0.00000110. The Morgan fingerprint density at radius 1 is 0.381 bits per heavy atom. The van der Waals surface area contributed by atoms with Crippen molar-refractivity contribution in [3.05, 3.63) is 91.0 Å². The molecule has 0 saturated carbocycles. The Morgan fingerprint density at radius 2 is 0.619 bits per heavy atom. The van der Waals surface area contributed by atoms with Crippen molar-refractivity contribution in [3.63, 3.8) is 0 Å². The van der Waals surface area contributed by atoms with Gasteiger partial charge >= 0.3 is 0 Å². The van der Waals surface area contributed by atoms with Crippen LogP contribution in [0.3, 0.4) is 0 Å². The third-order valence-electron chi connectivity index (χ3n) is 3.04. The van der Waals surface area contributed by atoms with E-state index in [2.05, 4.69) is 91.0 Å². The van der Waals surface area contributed by atoms with Gasteiger partial charge in [0.2, 0.25) is 0 Å². The maximum absolute atomic E-state index is 2.23. The predicted molar refractivity (Wildman–Crippen MR) is 107 cm³/mol. The molecule has 0 saturated heterocycles. The van der Waals surface area contributed by atoms with E-state index in [1.165, 1.54) is 15.9 Å². The predicted octanol–water partition coefficient (Wildman–Crippen LogP) is 3.56. The Labute approximate surface area is 135 Å². The molecule has 21 heavy (non-hydrogen) atoms. The van der Waals surface area contributed by atoms with Gasteiger partial charge in [-0.3, -0.25) is 0 Å². The fourth-order valence-electron chi connectivity index (χ4n) is 2.18. The molecule has 2 atom stereocenters. The molecule has 0 amide bonds. The summed E-state index contributed by atoms with van der Waals surface area (Å²) in [5, 5.41) is 4.19. The SMILES string of the molecule is P.P.c1ccc(P(c2ccccc2)c2ccccc2)cc1. The van der Waals surface area contributed by atoms with Gasteiger partial charge in [-0.25, -0.2) is 0 Å². The van der Waals surface area contributed by atoms with E-state index in [9.17, 15) is 0 Å². The standard InChI is InChI=1S/C18H15P.2H3P/c1-4-10-16(11-5-1)19(17-12-6-2-7-13-17)18-14-8-3-9-15-18;;/h1-15H;2*1H3. The Bertz CT molecular complexity index is 530. The van der Waals surface area contributed by atoms with E-state index in [-0.39, 0.29) is 19.8 Å². The van der Waals surface area contributed by atoms with Gasteiger partial charge in [0.25, 0.3) is 0 Å². The molecule has 108 valence electrons. The lowest BCUT2D eigenvalue weighted by molar-refractivity contribution is 1.74. The summed E-state index contributed by atoms with van der Waals surface area (Å²) in [4.78, 5) is 0. The second-order valence-electron chi connectivity index (χ2n) is 4.34. The highest BCUT2D eigenvalue weighted by molar-refractivity contribution is 7.79. The molecule has 2 unspecified atom stereocenters. The monoisotopic (exact) mass is 330 g/mol. The number of benzene rings is 3. The fraction of sp³-hybridized carbons (Fsp3) is 0. The lowest BCUT2D eigenvalue weighted by atomic mass is 10.4. The average Bonchev–Trinajstić information content (AvgIpc) is 2.51. The summed E-state index contributed by atoms with van der Waals surface area (Å²) in [6, 6.07) is 32.3. The first-order valence-corrected chi connectivity index (χ1v) is 7.74. The molecule has 0 aliphatic heterocycles. The largest absolute Gasteiger partial charge is 0.153 e. The first kappa shape index (κ1) is 18.0. The Morgan fingerprint density at radius 3 is 0.857 bits per heavy atom. The molecule has 0 spiro atoms. The molecule has 3 rings (SSSR count).